The number of nitrogens with zero attached hydrogens (tertiary/aromatic N) is 2. The van der Waals surface area contributed by atoms with Gasteiger partial charge in [-0.3, -0.25) is 9.59 Å². The fourth-order valence-electron chi connectivity index (χ4n) is 4.67. The first-order valence-corrected chi connectivity index (χ1v) is 10.8. The average molecular weight is 407 g/mol. The number of ether oxygens (including phenoxy) is 1. The van der Waals surface area contributed by atoms with Gasteiger partial charge in [-0.2, -0.15) is 0 Å². The Labute approximate surface area is 178 Å². The van der Waals surface area contributed by atoms with Crippen LogP contribution in [0.15, 0.2) is 54.6 Å². The van der Waals surface area contributed by atoms with Crippen LogP contribution in [0.3, 0.4) is 0 Å². The number of hydrogen-bond donors (Lipinski definition) is 0. The number of carbonyl (C=O) groups excluding carboxylic acids is 2. The molecule has 4 rings (SSSR count). The van der Waals surface area contributed by atoms with Gasteiger partial charge in [0.25, 0.3) is 0 Å². The lowest BCUT2D eigenvalue weighted by molar-refractivity contribution is -0.134. The van der Waals surface area contributed by atoms with Crippen LogP contribution in [0.1, 0.15) is 42.7 Å². The van der Waals surface area contributed by atoms with E-state index in [1.54, 1.807) is 19.0 Å². The van der Waals surface area contributed by atoms with Gasteiger partial charge in [0.2, 0.25) is 11.8 Å². The van der Waals surface area contributed by atoms with E-state index in [0.717, 1.165) is 36.1 Å². The Hall–Kier alpha value is -2.82. The Balaban J connectivity index is 1.45. The van der Waals surface area contributed by atoms with Crippen molar-refractivity contribution in [3.05, 3.63) is 65.7 Å². The van der Waals surface area contributed by atoms with Crippen molar-refractivity contribution in [2.75, 3.05) is 27.2 Å². The monoisotopic (exact) mass is 406 g/mol. The van der Waals surface area contributed by atoms with Crippen molar-refractivity contribution in [1.29, 1.82) is 0 Å². The highest BCUT2D eigenvalue weighted by Gasteiger charge is 2.44. The van der Waals surface area contributed by atoms with Gasteiger partial charge in [0.15, 0.2) is 0 Å². The molecule has 5 heteroatoms. The summed E-state index contributed by atoms with van der Waals surface area (Å²) in [5, 5.41) is 0. The van der Waals surface area contributed by atoms with Gasteiger partial charge in [-0.15, -0.1) is 0 Å². The van der Waals surface area contributed by atoms with Crippen LogP contribution < -0.4 is 4.74 Å². The number of fused-ring (bicyclic) bond motifs is 1. The lowest BCUT2D eigenvalue weighted by Crippen LogP contribution is -2.52. The third kappa shape index (κ3) is 4.35. The zero-order chi connectivity index (χ0) is 21.1. The summed E-state index contributed by atoms with van der Waals surface area (Å²) in [7, 11) is 3.61. The van der Waals surface area contributed by atoms with Gasteiger partial charge in [-0.25, -0.2) is 0 Å². The zero-order valence-electron chi connectivity index (χ0n) is 17.8. The van der Waals surface area contributed by atoms with Crippen molar-refractivity contribution in [2.24, 2.45) is 0 Å². The van der Waals surface area contributed by atoms with E-state index in [1.165, 1.54) is 0 Å². The summed E-state index contributed by atoms with van der Waals surface area (Å²) in [5.74, 6) is 1.36. The van der Waals surface area contributed by atoms with Gasteiger partial charge in [-0.1, -0.05) is 48.5 Å². The minimum Gasteiger partial charge on any atom is -0.487 e. The van der Waals surface area contributed by atoms with E-state index in [9.17, 15) is 9.59 Å². The molecule has 2 aromatic carbocycles. The van der Waals surface area contributed by atoms with Crippen LogP contribution in [-0.4, -0.2) is 54.4 Å². The van der Waals surface area contributed by atoms with Gasteiger partial charge in [0.05, 0.1) is 6.42 Å². The van der Waals surface area contributed by atoms with Gasteiger partial charge in [-0.05, 0) is 23.6 Å². The maximum absolute atomic E-state index is 12.8. The van der Waals surface area contributed by atoms with Crippen molar-refractivity contribution >= 4 is 11.8 Å². The molecule has 0 aromatic heterocycles. The fourth-order valence-corrected chi connectivity index (χ4v) is 4.67. The van der Waals surface area contributed by atoms with Crippen molar-refractivity contribution in [2.45, 2.75) is 43.6 Å². The molecule has 0 radical (unpaired) electrons. The van der Waals surface area contributed by atoms with Crippen molar-refractivity contribution in [3.63, 3.8) is 0 Å². The third-order valence-corrected chi connectivity index (χ3v) is 6.45. The van der Waals surface area contributed by atoms with E-state index in [-0.39, 0.29) is 23.3 Å². The summed E-state index contributed by atoms with van der Waals surface area (Å²) in [5.41, 5.74) is 1.88. The minimum atomic E-state index is -0.296. The first-order chi connectivity index (χ1) is 14.5. The maximum atomic E-state index is 12.8. The summed E-state index contributed by atoms with van der Waals surface area (Å²) in [6.07, 6.45) is 3.36. The number of amides is 2. The Bertz CT molecular complexity index is 902. The molecule has 1 fully saturated rings. The van der Waals surface area contributed by atoms with Crippen LogP contribution in [0.25, 0.3) is 0 Å². The Morgan fingerprint density at radius 1 is 1.03 bits per heavy atom. The maximum Gasteiger partial charge on any atom is 0.226 e. The summed E-state index contributed by atoms with van der Waals surface area (Å²) >= 11 is 0. The summed E-state index contributed by atoms with van der Waals surface area (Å²) in [6, 6.07) is 18.0. The molecule has 158 valence electrons. The average Bonchev–Trinajstić information content (AvgIpc) is 2.75. The van der Waals surface area contributed by atoms with Crippen molar-refractivity contribution in [1.82, 2.24) is 9.80 Å². The molecule has 0 aliphatic carbocycles. The van der Waals surface area contributed by atoms with Gasteiger partial charge < -0.3 is 14.5 Å². The van der Waals surface area contributed by atoms with E-state index in [1.807, 2.05) is 53.4 Å². The molecule has 0 unspecified atom stereocenters. The highest BCUT2D eigenvalue weighted by molar-refractivity contribution is 5.79. The molecule has 2 aromatic rings. The van der Waals surface area contributed by atoms with Crippen LogP contribution >= 0.6 is 0 Å². The third-order valence-electron chi connectivity index (χ3n) is 6.45. The van der Waals surface area contributed by atoms with E-state index in [0.29, 0.717) is 25.9 Å². The highest BCUT2D eigenvalue weighted by Crippen LogP contribution is 2.46. The van der Waals surface area contributed by atoms with Crippen molar-refractivity contribution in [3.8, 4) is 5.75 Å². The second kappa shape index (κ2) is 8.50. The number of rotatable bonds is 4. The first-order valence-electron chi connectivity index (χ1n) is 10.8. The van der Waals surface area contributed by atoms with E-state index >= 15 is 0 Å². The minimum absolute atomic E-state index is 0.141. The SMILES string of the molecule is CN(C)C(=O)C[C@H]1CC2(CCN(C(=O)Cc3ccccc3)CC2)Oc2ccccc21. The molecule has 1 atom stereocenters. The Kier molecular flexibility index (Phi) is 5.80. The molecule has 2 aliphatic heterocycles. The predicted octanol–water partition coefficient (Wildman–Crippen LogP) is 3.63. The summed E-state index contributed by atoms with van der Waals surface area (Å²) in [6.45, 7) is 1.39. The molecule has 1 spiro atoms. The topological polar surface area (TPSA) is 49.9 Å². The van der Waals surface area contributed by atoms with Gasteiger partial charge in [0, 0.05) is 52.4 Å². The number of likely N-dealkylation sites (tertiary alicyclic amines) is 1. The second-order valence-corrected chi connectivity index (χ2v) is 8.76. The molecule has 2 heterocycles. The van der Waals surface area contributed by atoms with E-state index < -0.39 is 0 Å². The van der Waals surface area contributed by atoms with Gasteiger partial charge in [0.1, 0.15) is 11.4 Å². The van der Waals surface area contributed by atoms with E-state index in [2.05, 4.69) is 6.07 Å². The Morgan fingerprint density at radius 3 is 2.40 bits per heavy atom. The lowest BCUT2D eigenvalue weighted by atomic mass is 9.76. The molecule has 0 saturated carbocycles. The fraction of sp³-hybridized carbons (Fsp3) is 0.440. The molecule has 2 amide bonds. The molecule has 0 bridgehead atoms. The quantitative estimate of drug-likeness (QED) is 0.779. The largest absolute Gasteiger partial charge is 0.487 e. The number of hydrogen-bond acceptors (Lipinski definition) is 3. The number of para-hydroxylation sites is 1. The van der Waals surface area contributed by atoms with Crippen molar-refractivity contribution < 1.29 is 14.3 Å². The number of carbonyl (C=O) groups is 2. The van der Waals surface area contributed by atoms with Gasteiger partial charge >= 0.3 is 0 Å². The second-order valence-electron chi connectivity index (χ2n) is 8.76. The molecular formula is C25H30N2O3. The number of benzene rings is 2. The molecular weight excluding hydrogens is 376 g/mol. The zero-order valence-corrected chi connectivity index (χ0v) is 17.8. The summed E-state index contributed by atoms with van der Waals surface area (Å²) in [4.78, 5) is 28.8. The highest BCUT2D eigenvalue weighted by atomic mass is 16.5. The van der Waals surface area contributed by atoms with Crippen LogP contribution in [0.4, 0.5) is 0 Å². The lowest BCUT2D eigenvalue weighted by Gasteiger charge is -2.47. The van der Waals surface area contributed by atoms with E-state index in [4.69, 9.17) is 4.74 Å². The van der Waals surface area contributed by atoms with Crippen LogP contribution in [0.5, 0.6) is 5.75 Å². The first kappa shape index (κ1) is 20.5. The van der Waals surface area contributed by atoms with Crippen LogP contribution in [0, 0.1) is 0 Å². The number of piperidine rings is 1. The molecule has 0 N–H and O–H groups in total. The van der Waals surface area contributed by atoms with Crippen LogP contribution in [-0.2, 0) is 16.0 Å². The smallest absolute Gasteiger partial charge is 0.226 e. The summed E-state index contributed by atoms with van der Waals surface area (Å²) < 4.78 is 6.52. The molecule has 2 aliphatic rings. The van der Waals surface area contributed by atoms with Crippen LogP contribution in [0.2, 0.25) is 0 Å². The predicted molar refractivity (Wildman–Crippen MR) is 116 cm³/mol. The Morgan fingerprint density at radius 2 is 1.70 bits per heavy atom. The molecule has 5 nitrogen and oxygen atoms in total. The molecule has 30 heavy (non-hydrogen) atoms. The standard InChI is InChI=1S/C25H30N2O3/c1-26(2)23(28)17-20-18-25(30-22-11-7-6-10-21(20)22)12-14-27(15-13-25)24(29)16-19-8-4-3-5-9-19/h3-11,20H,12-18H2,1-2H3/t20-/m0/s1. The normalized spacial score (nSPS) is 19.7. The molecule has 1 saturated heterocycles.